The van der Waals surface area contributed by atoms with E-state index >= 15 is 0 Å². The lowest BCUT2D eigenvalue weighted by Gasteiger charge is -2.26. The van der Waals surface area contributed by atoms with E-state index < -0.39 is 20.6 Å². The second kappa shape index (κ2) is 9.30. The molecular weight excluding hydrogens is 454 g/mol. The van der Waals surface area contributed by atoms with Gasteiger partial charge in [-0.15, -0.1) is 0 Å². The highest BCUT2D eigenvalue weighted by molar-refractivity contribution is 7.89. The Morgan fingerprint density at radius 1 is 1.19 bits per heavy atom. The number of anilines is 2. The van der Waals surface area contributed by atoms with E-state index in [1.807, 2.05) is 30.3 Å². The molecule has 0 aliphatic carbocycles. The predicted octanol–water partition coefficient (Wildman–Crippen LogP) is 2.94. The summed E-state index contributed by atoms with van der Waals surface area (Å²) in [5, 5.41) is 20.1. The highest BCUT2D eigenvalue weighted by Crippen LogP contribution is 2.36. The number of nitrogens with one attached hydrogen (secondary N) is 1. The zero-order chi connectivity index (χ0) is 22.7. The Bertz CT molecular complexity index is 1220. The minimum atomic E-state index is -4.06. The summed E-state index contributed by atoms with van der Waals surface area (Å²) in [7, 11) is -4.06. The van der Waals surface area contributed by atoms with Gasteiger partial charge in [0, 0.05) is 36.1 Å². The maximum atomic E-state index is 11.6. The van der Waals surface area contributed by atoms with Crippen LogP contribution in [-0.4, -0.2) is 49.5 Å². The van der Waals surface area contributed by atoms with E-state index in [0.29, 0.717) is 24.9 Å². The molecule has 0 radical (unpaired) electrons. The number of morpholine rings is 1. The van der Waals surface area contributed by atoms with Gasteiger partial charge in [0.15, 0.2) is 5.13 Å². The second-order valence-corrected chi connectivity index (χ2v) is 9.80. The van der Waals surface area contributed by atoms with Crippen LogP contribution in [0.2, 0.25) is 0 Å². The summed E-state index contributed by atoms with van der Waals surface area (Å²) in [6.45, 7) is 3.66. The zero-order valence-electron chi connectivity index (χ0n) is 16.9. The molecule has 10 nitrogen and oxygen atoms in total. The first kappa shape index (κ1) is 22.3. The molecule has 0 saturated carbocycles. The van der Waals surface area contributed by atoms with Crippen molar-refractivity contribution in [3.63, 3.8) is 0 Å². The van der Waals surface area contributed by atoms with Gasteiger partial charge in [-0.05, 0) is 12.1 Å². The van der Waals surface area contributed by atoms with Crippen molar-refractivity contribution in [1.29, 1.82) is 0 Å². The Morgan fingerprint density at radius 3 is 2.56 bits per heavy atom. The van der Waals surface area contributed by atoms with Gasteiger partial charge >= 0.3 is 0 Å². The van der Waals surface area contributed by atoms with Gasteiger partial charge in [-0.25, -0.2) is 18.5 Å². The van der Waals surface area contributed by atoms with Crippen molar-refractivity contribution in [2.75, 3.05) is 31.6 Å². The summed E-state index contributed by atoms with van der Waals surface area (Å²) in [6.07, 6.45) is 0. The number of aromatic nitrogens is 1. The lowest BCUT2D eigenvalue weighted by atomic mass is 10.1. The van der Waals surface area contributed by atoms with Crippen molar-refractivity contribution in [3.05, 3.63) is 63.5 Å². The number of nitrogens with two attached hydrogens (primary N) is 1. The fourth-order valence-electron chi connectivity index (χ4n) is 3.36. The molecule has 3 aromatic rings. The smallest absolute Gasteiger partial charge is 0.294 e. The van der Waals surface area contributed by atoms with Gasteiger partial charge in [0.2, 0.25) is 10.0 Å². The number of thiazole rings is 1. The Hall–Kier alpha value is -2.90. The van der Waals surface area contributed by atoms with Gasteiger partial charge in [-0.1, -0.05) is 41.7 Å². The Kier molecular flexibility index (Phi) is 6.48. The van der Waals surface area contributed by atoms with Crippen LogP contribution in [0.5, 0.6) is 0 Å². The van der Waals surface area contributed by atoms with Crippen molar-refractivity contribution in [2.45, 2.75) is 11.4 Å². The minimum Gasteiger partial charge on any atom is -0.379 e. The van der Waals surface area contributed by atoms with Crippen molar-refractivity contribution < 1.29 is 18.1 Å². The molecule has 1 fully saturated rings. The molecule has 12 heteroatoms. The van der Waals surface area contributed by atoms with Gasteiger partial charge in [0.1, 0.15) is 5.69 Å². The van der Waals surface area contributed by atoms with Crippen LogP contribution in [0.25, 0.3) is 11.3 Å². The highest BCUT2D eigenvalue weighted by atomic mass is 32.2. The lowest BCUT2D eigenvalue weighted by Crippen LogP contribution is -2.35. The zero-order valence-corrected chi connectivity index (χ0v) is 18.6. The topological polar surface area (TPSA) is 141 Å². The number of nitro groups is 1. The Labute approximate surface area is 188 Å². The standard InChI is InChI=1S/C20H21N5O5S2/c21-32(28,29)15-6-7-16(17(12-15)25(26)27)22-20-23-19(14-4-2-1-3-5-14)18(31-20)13-24-8-10-30-11-9-24/h1-7,12H,8-11,13H2,(H,22,23)(H2,21,28,29). The molecule has 1 saturated heterocycles. The van der Waals surface area contributed by atoms with Gasteiger partial charge < -0.3 is 10.1 Å². The summed E-state index contributed by atoms with van der Waals surface area (Å²) in [6, 6.07) is 13.2. The van der Waals surface area contributed by atoms with E-state index in [-0.39, 0.29) is 10.6 Å². The van der Waals surface area contributed by atoms with Crippen LogP contribution in [0, 0.1) is 10.1 Å². The molecule has 2 aromatic carbocycles. The van der Waals surface area contributed by atoms with Crippen LogP contribution in [0.4, 0.5) is 16.5 Å². The van der Waals surface area contributed by atoms with Crippen LogP contribution in [0.15, 0.2) is 53.4 Å². The first-order valence-corrected chi connectivity index (χ1v) is 12.1. The van der Waals surface area contributed by atoms with Crippen molar-refractivity contribution in [3.8, 4) is 11.3 Å². The van der Waals surface area contributed by atoms with E-state index in [9.17, 15) is 18.5 Å². The van der Waals surface area contributed by atoms with Gasteiger partial charge in [0.05, 0.1) is 28.7 Å². The molecule has 1 aliphatic rings. The number of nitro benzene ring substituents is 1. The Morgan fingerprint density at radius 2 is 1.91 bits per heavy atom. The maximum Gasteiger partial charge on any atom is 0.294 e. The molecular formula is C20H21N5O5S2. The van der Waals surface area contributed by atoms with Crippen LogP contribution in [0.3, 0.4) is 0 Å². The fourth-order valence-corrected chi connectivity index (χ4v) is 4.93. The van der Waals surface area contributed by atoms with Gasteiger partial charge in [-0.2, -0.15) is 0 Å². The van der Waals surface area contributed by atoms with Crippen LogP contribution < -0.4 is 10.5 Å². The number of hydrogen-bond acceptors (Lipinski definition) is 9. The van der Waals surface area contributed by atoms with Crippen LogP contribution in [0.1, 0.15) is 4.88 Å². The van der Waals surface area contributed by atoms with E-state index in [4.69, 9.17) is 14.9 Å². The number of benzene rings is 2. The SMILES string of the molecule is NS(=O)(=O)c1ccc(Nc2nc(-c3ccccc3)c(CN3CCOCC3)s2)c([N+](=O)[O-])c1. The molecule has 0 amide bonds. The maximum absolute atomic E-state index is 11.6. The first-order valence-electron chi connectivity index (χ1n) is 9.75. The minimum absolute atomic E-state index is 0.133. The number of sulfonamides is 1. The van der Waals surface area contributed by atoms with Crippen molar-refractivity contribution in [2.24, 2.45) is 5.14 Å². The quantitative estimate of drug-likeness (QED) is 0.392. The summed E-state index contributed by atoms with van der Waals surface area (Å²) in [4.78, 5) is 18.5. The summed E-state index contributed by atoms with van der Waals surface area (Å²) < 4.78 is 28.6. The second-order valence-electron chi connectivity index (χ2n) is 7.15. The van der Waals surface area contributed by atoms with E-state index in [2.05, 4.69) is 10.2 Å². The molecule has 0 spiro atoms. The average Bonchev–Trinajstić information content (AvgIpc) is 3.16. The monoisotopic (exact) mass is 475 g/mol. The van der Waals surface area contributed by atoms with E-state index in [0.717, 1.165) is 35.3 Å². The van der Waals surface area contributed by atoms with Gasteiger partial charge in [0.25, 0.3) is 5.69 Å². The van der Waals surface area contributed by atoms with Crippen LogP contribution in [-0.2, 0) is 21.3 Å². The number of hydrogen-bond donors (Lipinski definition) is 2. The van der Waals surface area contributed by atoms with Crippen LogP contribution >= 0.6 is 11.3 Å². The third-order valence-corrected chi connectivity index (χ3v) is 6.82. The molecule has 32 heavy (non-hydrogen) atoms. The molecule has 0 atom stereocenters. The lowest BCUT2D eigenvalue weighted by molar-refractivity contribution is -0.384. The van der Waals surface area contributed by atoms with Gasteiger partial charge in [-0.3, -0.25) is 15.0 Å². The third kappa shape index (κ3) is 5.11. The molecule has 4 rings (SSSR count). The molecule has 0 unspecified atom stereocenters. The largest absolute Gasteiger partial charge is 0.379 e. The fraction of sp³-hybridized carbons (Fsp3) is 0.250. The molecule has 2 heterocycles. The number of primary sulfonamides is 1. The number of nitrogens with zero attached hydrogens (tertiary/aromatic N) is 3. The molecule has 1 aliphatic heterocycles. The predicted molar refractivity (Wildman–Crippen MR) is 121 cm³/mol. The van der Waals surface area contributed by atoms with E-state index in [1.54, 1.807) is 0 Å². The molecule has 3 N–H and O–H groups in total. The molecule has 0 bridgehead atoms. The first-order chi connectivity index (χ1) is 15.3. The normalized spacial score (nSPS) is 14.9. The summed E-state index contributed by atoms with van der Waals surface area (Å²) in [5.41, 5.74) is 1.48. The average molecular weight is 476 g/mol. The van der Waals surface area contributed by atoms with Crippen molar-refractivity contribution in [1.82, 2.24) is 9.88 Å². The molecule has 168 valence electrons. The highest BCUT2D eigenvalue weighted by Gasteiger charge is 2.22. The third-order valence-electron chi connectivity index (χ3n) is 4.95. The number of rotatable bonds is 7. The van der Waals surface area contributed by atoms with E-state index in [1.165, 1.54) is 23.5 Å². The van der Waals surface area contributed by atoms with Crippen molar-refractivity contribution >= 4 is 37.9 Å². The summed E-state index contributed by atoms with van der Waals surface area (Å²) >= 11 is 1.40. The Balaban J connectivity index is 1.69. The number of ether oxygens (including phenoxy) is 1. The summed E-state index contributed by atoms with van der Waals surface area (Å²) in [5.74, 6) is 0. The molecule has 1 aromatic heterocycles.